The van der Waals surface area contributed by atoms with E-state index in [1.54, 1.807) is 0 Å². The maximum atomic E-state index is 13.6. The Balaban J connectivity index is 1.90. The summed E-state index contributed by atoms with van der Waals surface area (Å²) in [5.41, 5.74) is -0.519. The summed E-state index contributed by atoms with van der Waals surface area (Å²) >= 11 is 0. The average Bonchev–Trinajstić information content (AvgIpc) is 3.03. The number of benzene rings is 4. The molecule has 10 nitrogen and oxygen atoms in total. The lowest BCUT2D eigenvalue weighted by Gasteiger charge is -2.17. The summed E-state index contributed by atoms with van der Waals surface area (Å²) in [5, 5.41) is 21.1. The summed E-state index contributed by atoms with van der Waals surface area (Å²) in [6, 6.07) is 16.3. The summed E-state index contributed by atoms with van der Waals surface area (Å²) in [6.45, 7) is 0. The molecule has 0 radical (unpaired) electrons. The molecule has 0 fully saturated rings. The Morgan fingerprint density at radius 2 is 0.810 bits per heavy atom. The smallest absolute Gasteiger partial charge is 0.234 e. The van der Waals surface area contributed by atoms with Crippen molar-refractivity contribution in [2.24, 2.45) is 0 Å². The van der Waals surface area contributed by atoms with Crippen molar-refractivity contribution in [3.05, 3.63) is 95.1 Å². The zero-order valence-corrected chi connectivity index (χ0v) is 23.1. The number of phenols is 2. The Morgan fingerprint density at radius 3 is 1.10 bits per heavy atom. The quantitative estimate of drug-likeness (QED) is 0.188. The second-order valence-electron chi connectivity index (χ2n) is 8.91. The van der Waals surface area contributed by atoms with E-state index in [4.69, 9.17) is 18.9 Å². The molecule has 0 amide bonds. The van der Waals surface area contributed by atoms with Crippen molar-refractivity contribution >= 4 is 23.1 Å². The standard InChI is InChI=1S/C32H26O10/c1-39-19-9-5-17(6-10-19)29(35)31(37)23-13-25(33)27(41-3)15-21(23)22-16-28(42-4)26(34)14-24(22)32(38)30(36)18-7-11-20(40-2)12-8-18/h5-16,33-34H,1-4H3. The monoisotopic (exact) mass is 570 g/mol. The van der Waals surface area contributed by atoms with Crippen molar-refractivity contribution in [1.82, 2.24) is 0 Å². The van der Waals surface area contributed by atoms with Gasteiger partial charge in [-0.15, -0.1) is 0 Å². The minimum atomic E-state index is -1.01. The maximum Gasteiger partial charge on any atom is 0.234 e. The SMILES string of the molecule is COc1ccc(C(=O)C(=O)c2cc(O)c(OC)cc2-c2cc(OC)c(O)cc2C(=O)C(=O)c2ccc(OC)cc2)cc1. The van der Waals surface area contributed by atoms with E-state index in [1.807, 2.05) is 0 Å². The number of phenolic OH excluding ortho intramolecular Hbond substituents is 2. The highest BCUT2D eigenvalue weighted by Crippen LogP contribution is 2.41. The summed E-state index contributed by atoms with van der Waals surface area (Å²) in [7, 11) is 5.47. The van der Waals surface area contributed by atoms with E-state index in [0.717, 1.165) is 12.1 Å². The molecule has 0 aliphatic carbocycles. The zero-order valence-electron chi connectivity index (χ0n) is 23.1. The minimum Gasteiger partial charge on any atom is -0.504 e. The van der Waals surface area contributed by atoms with Gasteiger partial charge in [0.05, 0.1) is 28.4 Å². The molecule has 42 heavy (non-hydrogen) atoms. The highest BCUT2D eigenvalue weighted by Gasteiger charge is 2.29. The van der Waals surface area contributed by atoms with Gasteiger partial charge in [-0.3, -0.25) is 19.2 Å². The molecule has 0 atom stereocenters. The van der Waals surface area contributed by atoms with Crippen molar-refractivity contribution in [2.45, 2.75) is 0 Å². The first kappa shape index (κ1) is 29.3. The van der Waals surface area contributed by atoms with E-state index in [2.05, 4.69) is 0 Å². The van der Waals surface area contributed by atoms with Gasteiger partial charge in [-0.25, -0.2) is 0 Å². The van der Waals surface area contributed by atoms with Crippen LogP contribution in [0.15, 0.2) is 72.8 Å². The van der Waals surface area contributed by atoms with Gasteiger partial charge < -0.3 is 29.2 Å². The molecular weight excluding hydrogens is 544 g/mol. The van der Waals surface area contributed by atoms with Crippen LogP contribution in [0.25, 0.3) is 11.1 Å². The van der Waals surface area contributed by atoms with E-state index >= 15 is 0 Å². The van der Waals surface area contributed by atoms with Crippen LogP contribution in [0.2, 0.25) is 0 Å². The van der Waals surface area contributed by atoms with Crippen LogP contribution in [0, 0.1) is 0 Å². The molecule has 0 aliphatic rings. The van der Waals surface area contributed by atoms with Crippen LogP contribution in [-0.2, 0) is 0 Å². The molecule has 0 saturated heterocycles. The van der Waals surface area contributed by atoms with E-state index < -0.39 is 34.6 Å². The lowest BCUT2D eigenvalue weighted by atomic mass is 9.87. The lowest BCUT2D eigenvalue weighted by molar-refractivity contribution is 0.0816. The van der Waals surface area contributed by atoms with Crippen LogP contribution in [0.4, 0.5) is 0 Å². The van der Waals surface area contributed by atoms with E-state index in [9.17, 15) is 29.4 Å². The molecule has 0 aromatic heterocycles. The van der Waals surface area contributed by atoms with Crippen molar-refractivity contribution in [1.29, 1.82) is 0 Å². The van der Waals surface area contributed by atoms with Gasteiger partial charge >= 0.3 is 0 Å². The van der Waals surface area contributed by atoms with Crippen LogP contribution in [0.1, 0.15) is 41.4 Å². The zero-order chi connectivity index (χ0) is 30.6. The number of hydrogen-bond acceptors (Lipinski definition) is 10. The molecule has 0 unspecified atom stereocenters. The molecule has 0 spiro atoms. The number of aromatic hydroxyl groups is 2. The van der Waals surface area contributed by atoms with E-state index in [0.29, 0.717) is 11.5 Å². The molecule has 10 heteroatoms. The summed E-state index contributed by atoms with van der Waals surface area (Å²) in [5.74, 6) is -3.94. The predicted octanol–water partition coefficient (Wildman–Crippen LogP) is 4.93. The van der Waals surface area contributed by atoms with Crippen molar-refractivity contribution in [3.63, 3.8) is 0 Å². The van der Waals surface area contributed by atoms with Crippen LogP contribution in [-0.4, -0.2) is 61.8 Å². The molecule has 4 aromatic carbocycles. The first-order valence-electron chi connectivity index (χ1n) is 12.4. The van der Waals surface area contributed by atoms with Gasteiger partial charge in [-0.05, 0) is 83.9 Å². The van der Waals surface area contributed by atoms with Gasteiger partial charge in [-0.2, -0.15) is 0 Å². The van der Waals surface area contributed by atoms with Crippen LogP contribution in [0.5, 0.6) is 34.5 Å². The fourth-order valence-electron chi connectivity index (χ4n) is 4.28. The first-order valence-corrected chi connectivity index (χ1v) is 12.4. The Hall–Kier alpha value is -5.64. The summed E-state index contributed by atoms with van der Waals surface area (Å²) in [6.07, 6.45) is 0. The van der Waals surface area contributed by atoms with Gasteiger partial charge in [0.2, 0.25) is 23.1 Å². The Kier molecular flexibility index (Phi) is 8.56. The largest absolute Gasteiger partial charge is 0.504 e. The van der Waals surface area contributed by atoms with Gasteiger partial charge in [-0.1, -0.05) is 0 Å². The van der Waals surface area contributed by atoms with Crippen LogP contribution in [0.3, 0.4) is 0 Å². The number of carbonyl (C=O) groups excluding carboxylic acids is 4. The number of ketones is 4. The molecule has 0 bridgehead atoms. The van der Waals surface area contributed by atoms with E-state index in [-0.39, 0.29) is 44.9 Å². The number of rotatable bonds is 11. The van der Waals surface area contributed by atoms with Gasteiger partial charge in [0.1, 0.15) is 11.5 Å². The number of carbonyl (C=O) groups is 4. The molecule has 0 heterocycles. The molecule has 4 aromatic rings. The number of ether oxygens (including phenoxy) is 4. The third-order valence-electron chi connectivity index (χ3n) is 6.53. The molecule has 2 N–H and O–H groups in total. The van der Waals surface area contributed by atoms with E-state index in [1.165, 1.54) is 89.1 Å². The maximum absolute atomic E-state index is 13.6. The Morgan fingerprint density at radius 1 is 0.476 bits per heavy atom. The predicted molar refractivity (Wildman–Crippen MR) is 152 cm³/mol. The molecule has 0 saturated carbocycles. The molecule has 214 valence electrons. The average molecular weight is 571 g/mol. The second kappa shape index (κ2) is 12.3. The lowest BCUT2D eigenvalue weighted by Crippen LogP contribution is -2.18. The van der Waals surface area contributed by atoms with Crippen LogP contribution >= 0.6 is 0 Å². The Labute approximate surface area is 240 Å². The fourth-order valence-corrected chi connectivity index (χ4v) is 4.28. The highest BCUT2D eigenvalue weighted by atomic mass is 16.5. The molecule has 4 rings (SSSR count). The van der Waals surface area contributed by atoms with Crippen molar-refractivity contribution in [3.8, 4) is 45.6 Å². The number of Topliss-reactive ketones (excluding diaryl/α,β-unsaturated/α-hetero) is 4. The minimum absolute atomic E-state index is 0.0271. The molecule has 0 aliphatic heterocycles. The number of methoxy groups -OCH3 is 4. The summed E-state index contributed by atoms with van der Waals surface area (Å²) in [4.78, 5) is 53.6. The topological polar surface area (TPSA) is 146 Å². The summed E-state index contributed by atoms with van der Waals surface area (Å²) < 4.78 is 20.7. The third-order valence-corrected chi connectivity index (χ3v) is 6.53. The second-order valence-corrected chi connectivity index (χ2v) is 8.91. The molecular formula is C32H26O10. The fraction of sp³-hybridized carbons (Fsp3) is 0.125. The van der Waals surface area contributed by atoms with Gasteiger partial charge in [0.25, 0.3) is 0 Å². The normalized spacial score (nSPS) is 10.5. The first-order chi connectivity index (χ1) is 20.1. The van der Waals surface area contributed by atoms with Crippen molar-refractivity contribution in [2.75, 3.05) is 28.4 Å². The third kappa shape index (κ3) is 5.64. The van der Waals surface area contributed by atoms with Gasteiger partial charge in [0, 0.05) is 22.3 Å². The van der Waals surface area contributed by atoms with Crippen molar-refractivity contribution < 1.29 is 48.3 Å². The highest BCUT2D eigenvalue weighted by molar-refractivity contribution is 6.51. The number of hydrogen-bond donors (Lipinski definition) is 2. The Bertz CT molecular complexity index is 1560. The van der Waals surface area contributed by atoms with Crippen LogP contribution < -0.4 is 18.9 Å². The van der Waals surface area contributed by atoms with Gasteiger partial charge in [0.15, 0.2) is 23.0 Å².